The van der Waals surface area contributed by atoms with E-state index in [1.54, 1.807) is 30.3 Å². The zero-order chi connectivity index (χ0) is 53.0. The van der Waals surface area contributed by atoms with Gasteiger partial charge in [0.15, 0.2) is 5.75 Å². The summed E-state index contributed by atoms with van der Waals surface area (Å²) >= 11 is 0. The fraction of sp³-hybridized carbons (Fsp3) is 0.0455. The molecule has 0 saturated heterocycles. The van der Waals surface area contributed by atoms with Crippen molar-refractivity contribution in [2.45, 2.75) is 31.4 Å². The van der Waals surface area contributed by atoms with E-state index in [0.29, 0.717) is 29.6 Å². The van der Waals surface area contributed by atoms with Gasteiger partial charge in [0.1, 0.15) is 37.5 Å². The van der Waals surface area contributed by atoms with Gasteiger partial charge in [0.25, 0.3) is 50.6 Å². The number of azo groups is 3. The zero-order valence-corrected chi connectivity index (χ0v) is 41.0. The molecule has 29 heteroatoms. The Hall–Kier alpha value is -7.71. The number of phenols is 1. The zero-order valence-electron chi connectivity index (χ0n) is 36.9. The number of phenolic OH excluding ortho intramolecular Hbond substituents is 1. The number of aromatic hydroxyl groups is 1. The van der Waals surface area contributed by atoms with Crippen LogP contribution in [-0.4, -0.2) is 77.1 Å². The van der Waals surface area contributed by atoms with Crippen molar-refractivity contribution in [1.29, 1.82) is 0 Å². The number of ether oxygens (including phenoxy) is 1. The molecular weight excluding hydrogens is 1060 g/mol. The summed E-state index contributed by atoms with van der Waals surface area (Å²) in [4.78, 5) is -4.45. The summed E-state index contributed by atoms with van der Waals surface area (Å²) in [7, 11) is -24.1. The molecular formula is C44H33N7O17S5. The Bertz CT molecular complexity index is 4330. The first-order valence-corrected chi connectivity index (χ1v) is 27.4. The molecule has 8 rings (SSSR count). The molecule has 0 aliphatic carbocycles. The van der Waals surface area contributed by atoms with Crippen molar-refractivity contribution in [3.63, 3.8) is 0 Å². The molecule has 0 aliphatic rings. The van der Waals surface area contributed by atoms with Crippen LogP contribution >= 0.6 is 0 Å². The van der Waals surface area contributed by atoms with Gasteiger partial charge in [-0.1, -0.05) is 24.3 Å². The predicted molar refractivity (Wildman–Crippen MR) is 263 cm³/mol. The minimum atomic E-state index is -5.22. The van der Waals surface area contributed by atoms with Gasteiger partial charge in [-0.3, -0.25) is 22.8 Å². The normalized spacial score (nSPS) is 13.0. The van der Waals surface area contributed by atoms with Gasteiger partial charge in [0.05, 0.1) is 34.0 Å². The molecule has 0 heterocycles. The third-order valence-corrected chi connectivity index (χ3v) is 15.1. The molecule has 0 fully saturated rings. The SMILES string of the molecule is COc1cc(N=Nc2cc3c(S(=O)(=O)O)cc(S(=O)(=O)O)cc3cc2S(=O)(=O)O)c(C)cc1N=Nc1ccc(N=Nc2c(S(=O)(=O)O)cc3cc(Nc4ccccc4)ccc3c2O)c2cc(S(=O)(=O)O)ccc12. The number of hydrogen-bond acceptors (Lipinski definition) is 19. The Kier molecular flexibility index (Phi) is 13.5. The summed E-state index contributed by atoms with van der Waals surface area (Å²) in [6.45, 7) is 1.51. The Morgan fingerprint density at radius 3 is 1.62 bits per heavy atom. The van der Waals surface area contributed by atoms with E-state index < -0.39 is 103 Å². The van der Waals surface area contributed by atoms with Gasteiger partial charge in [-0.15, -0.1) is 25.6 Å². The maximum atomic E-state index is 12.7. The second kappa shape index (κ2) is 19.0. The lowest BCUT2D eigenvalue weighted by Crippen LogP contribution is -2.05. The number of anilines is 2. The van der Waals surface area contributed by atoms with Crippen molar-refractivity contribution >= 4 is 128 Å². The molecule has 24 nitrogen and oxygen atoms in total. The summed E-state index contributed by atoms with van der Waals surface area (Å²) < 4.78 is 178. The topological polar surface area (TPSA) is 388 Å². The highest BCUT2D eigenvalue weighted by Gasteiger charge is 2.26. The van der Waals surface area contributed by atoms with Crippen LogP contribution in [0.5, 0.6) is 11.5 Å². The lowest BCUT2D eigenvalue weighted by molar-refractivity contribution is 0.416. The predicted octanol–water partition coefficient (Wildman–Crippen LogP) is 10.4. The minimum Gasteiger partial charge on any atom is -0.505 e. The van der Waals surface area contributed by atoms with Crippen molar-refractivity contribution in [2.24, 2.45) is 30.7 Å². The highest BCUT2D eigenvalue weighted by atomic mass is 32.2. The average Bonchev–Trinajstić information content (AvgIpc) is 3.30. The van der Waals surface area contributed by atoms with Crippen molar-refractivity contribution in [3.8, 4) is 11.5 Å². The van der Waals surface area contributed by atoms with Crippen LogP contribution in [0.15, 0.2) is 176 Å². The van der Waals surface area contributed by atoms with Crippen molar-refractivity contribution in [3.05, 3.63) is 127 Å². The molecule has 0 bridgehead atoms. The van der Waals surface area contributed by atoms with Crippen molar-refractivity contribution in [1.82, 2.24) is 0 Å². The van der Waals surface area contributed by atoms with E-state index >= 15 is 0 Å². The first-order valence-electron chi connectivity index (χ1n) is 20.2. The molecule has 0 radical (unpaired) electrons. The molecule has 376 valence electrons. The van der Waals surface area contributed by atoms with E-state index in [4.69, 9.17) is 4.74 Å². The Labute approximate surface area is 413 Å². The third-order valence-electron chi connectivity index (χ3n) is 10.7. The first-order chi connectivity index (χ1) is 34.1. The number of nitrogens with one attached hydrogen (secondary N) is 1. The highest BCUT2D eigenvalue weighted by molar-refractivity contribution is 7.87. The van der Waals surface area contributed by atoms with Crippen LogP contribution < -0.4 is 10.1 Å². The smallest absolute Gasteiger partial charge is 0.296 e. The van der Waals surface area contributed by atoms with E-state index in [1.807, 2.05) is 6.07 Å². The van der Waals surface area contributed by atoms with E-state index in [1.165, 1.54) is 56.5 Å². The lowest BCUT2D eigenvalue weighted by atomic mass is 10.1. The van der Waals surface area contributed by atoms with Gasteiger partial charge >= 0.3 is 0 Å². The molecule has 0 amide bonds. The Morgan fingerprint density at radius 1 is 0.425 bits per heavy atom. The summed E-state index contributed by atoms with van der Waals surface area (Å²) in [5.41, 5.74) is 0.157. The first kappa shape index (κ1) is 51.6. The van der Waals surface area contributed by atoms with E-state index in [0.717, 1.165) is 24.3 Å². The van der Waals surface area contributed by atoms with Gasteiger partial charge in [0.2, 0.25) is 0 Å². The number of benzene rings is 8. The number of fused-ring (bicyclic) bond motifs is 3. The van der Waals surface area contributed by atoms with Crippen LogP contribution in [0, 0.1) is 6.92 Å². The number of rotatable bonds is 14. The van der Waals surface area contributed by atoms with Crippen LogP contribution in [0.4, 0.5) is 45.5 Å². The molecule has 8 aromatic carbocycles. The van der Waals surface area contributed by atoms with Gasteiger partial charge in [0, 0.05) is 39.0 Å². The van der Waals surface area contributed by atoms with Crippen LogP contribution in [0.2, 0.25) is 0 Å². The van der Waals surface area contributed by atoms with Gasteiger partial charge in [-0.2, -0.15) is 47.2 Å². The number of aryl methyl sites for hydroxylation is 1. The lowest BCUT2D eigenvalue weighted by Gasteiger charge is -2.12. The van der Waals surface area contributed by atoms with E-state index in [2.05, 4.69) is 36.0 Å². The second-order valence-corrected chi connectivity index (χ2v) is 22.6. The molecule has 0 saturated carbocycles. The molecule has 7 N–H and O–H groups in total. The quantitative estimate of drug-likeness (QED) is 0.0393. The van der Waals surface area contributed by atoms with E-state index in [-0.39, 0.29) is 55.6 Å². The van der Waals surface area contributed by atoms with Crippen LogP contribution in [0.25, 0.3) is 32.3 Å². The summed E-state index contributed by atoms with van der Waals surface area (Å²) in [6.07, 6.45) is 0. The van der Waals surface area contributed by atoms with Crippen molar-refractivity contribution in [2.75, 3.05) is 12.4 Å². The summed E-state index contributed by atoms with van der Waals surface area (Å²) in [5.74, 6) is -0.685. The number of nitrogens with zero attached hydrogens (tertiary/aromatic N) is 6. The largest absolute Gasteiger partial charge is 0.505 e. The number of hydrogen-bond donors (Lipinski definition) is 7. The Balaban J connectivity index is 1.17. The highest BCUT2D eigenvalue weighted by Crippen LogP contribution is 2.45. The molecule has 73 heavy (non-hydrogen) atoms. The third kappa shape index (κ3) is 11.0. The van der Waals surface area contributed by atoms with Crippen LogP contribution in [0.3, 0.4) is 0 Å². The molecule has 8 aromatic rings. The molecule has 0 aliphatic heterocycles. The minimum absolute atomic E-state index is 0.00811. The standard InChI is InChI=1S/C44H33N7O17S5/c1-23-14-37(39(68-2)22-36(23)48-50-38-21-32-25(17-41(38)72(62,63)64)16-29(70(56,57)58)20-40(32)71(59,60)61)49-46-34-12-13-35(33-19-28(69(53,54)55)9-11-31(33)34)47-51-43-42(73(65,66)67)18-24-15-27(8-10-30(24)44(43)52)45-26-6-4-3-5-7-26/h3-22,45,52H,1-2H3,(H,53,54,55)(H,56,57,58)(H,59,60,61)(H,62,63,64)(H,65,66,67). The molecule has 0 spiro atoms. The van der Waals surface area contributed by atoms with Crippen LogP contribution in [-0.2, 0) is 50.6 Å². The fourth-order valence-corrected chi connectivity index (χ4v) is 10.5. The molecule has 0 aromatic heterocycles. The maximum absolute atomic E-state index is 12.7. The Morgan fingerprint density at radius 2 is 0.986 bits per heavy atom. The number of methoxy groups -OCH3 is 1. The fourth-order valence-electron chi connectivity index (χ4n) is 7.34. The summed E-state index contributed by atoms with van der Waals surface area (Å²) in [6, 6.07) is 26.0. The van der Waals surface area contributed by atoms with Gasteiger partial charge < -0.3 is 15.2 Å². The molecule has 0 unspecified atom stereocenters. The second-order valence-electron chi connectivity index (χ2n) is 15.6. The summed E-state index contributed by atoms with van der Waals surface area (Å²) in [5, 5.41) is 38.7. The monoisotopic (exact) mass is 1090 g/mol. The van der Waals surface area contributed by atoms with Crippen molar-refractivity contribution < 1.29 is 74.7 Å². The van der Waals surface area contributed by atoms with Gasteiger partial charge in [-0.25, -0.2) is 0 Å². The van der Waals surface area contributed by atoms with E-state index in [9.17, 15) is 70.0 Å². The average molecular weight is 1090 g/mol. The van der Waals surface area contributed by atoms with Gasteiger partial charge in [-0.05, 0) is 114 Å². The molecule has 0 atom stereocenters. The number of para-hydroxylation sites is 1. The van der Waals surface area contributed by atoms with Crippen LogP contribution in [0.1, 0.15) is 5.56 Å². The maximum Gasteiger partial charge on any atom is 0.296 e.